The zero-order valence-corrected chi connectivity index (χ0v) is 14.1. The molecule has 0 saturated carbocycles. The molecule has 4 heteroatoms. The van der Waals surface area contributed by atoms with Crippen molar-refractivity contribution in [2.75, 3.05) is 6.54 Å². The molecule has 0 aliphatic carbocycles. The van der Waals surface area contributed by atoms with Crippen molar-refractivity contribution < 1.29 is 4.52 Å². The molecule has 0 unspecified atom stereocenters. The summed E-state index contributed by atoms with van der Waals surface area (Å²) in [4.78, 5) is 2.49. The van der Waals surface area contributed by atoms with Gasteiger partial charge in [-0.2, -0.15) is 0 Å². The lowest BCUT2D eigenvalue weighted by Gasteiger charge is -2.22. The monoisotopic (exact) mass is 348 g/mol. The van der Waals surface area contributed by atoms with Gasteiger partial charge in [-0.3, -0.25) is 4.90 Å². The van der Waals surface area contributed by atoms with Gasteiger partial charge in [0.15, 0.2) is 5.76 Å². The molecule has 1 aliphatic heterocycles. The van der Waals surface area contributed by atoms with Crippen molar-refractivity contribution in [1.82, 2.24) is 10.1 Å². The molecule has 1 atom stereocenters. The van der Waals surface area contributed by atoms with Crippen LogP contribution in [0.25, 0.3) is 0 Å². The van der Waals surface area contributed by atoms with E-state index in [1.807, 2.05) is 0 Å². The van der Waals surface area contributed by atoms with Crippen molar-refractivity contribution in [3.8, 4) is 0 Å². The summed E-state index contributed by atoms with van der Waals surface area (Å²) in [6.07, 6.45) is 2.38. The Morgan fingerprint density at radius 1 is 1.33 bits per heavy atom. The largest absolute Gasteiger partial charge is 0.359 e. The van der Waals surface area contributed by atoms with Gasteiger partial charge in [0.05, 0.1) is 11.7 Å². The molecule has 0 N–H and O–H groups in total. The topological polar surface area (TPSA) is 29.3 Å². The number of halogens is 1. The molecule has 0 amide bonds. The van der Waals surface area contributed by atoms with Crippen LogP contribution in [0.15, 0.2) is 39.3 Å². The lowest BCUT2D eigenvalue weighted by molar-refractivity contribution is 0.206. The van der Waals surface area contributed by atoms with E-state index in [1.165, 1.54) is 12.0 Å². The minimum absolute atomic E-state index is 0.369. The molecule has 0 spiro atoms. The Bertz CT molecular complexity index is 591. The second kappa shape index (κ2) is 6.32. The number of hydrogen-bond acceptors (Lipinski definition) is 3. The Labute approximate surface area is 134 Å². The van der Waals surface area contributed by atoms with Gasteiger partial charge in [-0.1, -0.05) is 47.1 Å². The average Bonchev–Trinajstić information content (AvgIpc) is 3.09. The molecule has 3 rings (SSSR count). The van der Waals surface area contributed by atoms with Gasteiger partial charge in [0, 0.05) is 17.1 Å². The fourth-order valence-electron chi connectivity index (χ4n) is 2.89. The van der Waals surface area contributed by atoms with E-state index >= 15 is 0 Å². The van der Waals surface area contributed by atoms with E-state index in [0.717, 1.165) is 35.4 Å². The van der Waals surface area contributed by atoms with Gasteiger partial charge in [0.1, 0.15) is 0 Å². The van der Waals surface area contributed by atoms with Crippen molar-refractivity contribution in [3.05, 3.63) is 51.8 Å². The first-order valence-corrected chi connectivity index (χ1v) is 8.38. The summed E-state index contributed by atoms with van der Waals surface area (Å²) in [6.45, 7) is 6.39. The van der Waals surface area contributed by atoms with Gasteiger partial charge in [-0.05, 0) is 43.0 Å². The van der Waals surface area contributed by atoms with Crippen LogP contribution in [-0.2, 0) is 6.54 Å². The summed E-state index contributed by atoms with van der Waals surface area (Å²) in [6, 6.07) is 11.1. The van der Waals surface area contributed by atoms with Crippen molar-refractivity contribution >= 4 is 15.9 Å². The van der Waals surface area contributed by atoms with Gasteiger partial charge in [0.2, 0.25) is 0 Å². The van der Waals surface area contributed by atoms with Crippen LogP contribution in [0, 0.1) is 0 Å². The molecule has 1 aromatic carbocycles. The average molecular weight is 349 g/mol. The number of nitrogens with zero attached hydrogens (tertiary/aromatic N) is 2. The minimum Gasteiger partial charge on any atom is -0.359 e. The molecular weight excluding hydrogens is 328 g/mol. The third-order valence-corrected chi connectivity index (χ3v) is 4.66. The van der Waals surface area contributed by atoms with E-state index in [9.17, 15) is 0 Å². The van der Waals surface area contributed by atoms with E-state index in [4.69, 9.17) is 4.52 Å². The van der Waals surface area contributed by atoms with E-state index in [1.54, 1.807) is 0 Å². The maximum atomic E-state index is 5.60. The predicted octanol–water partition coefficient (Wildman–Crippen LogP) is 4.90. The smallest absolute Gasteiger partial charge is 0.154 e. The molecule has 0 bridgehead atoms. The van der Waals surface area contributed by atoms with Gasteiger partial charge in [-0.25, -0.2) is 0 Å². The lowest BCUT2D eigenvalue weighted by atomic mass is 10.1. The number of benzene rings is 1. The molecule has 112 valence electrons. The Hall–Kier alpha value is -1.13. The molecule has 1 fully saturated rings. The molecule has 21 heavy (non-hydrogen) atoms. The first-order chi connectivity index (χ1) is 10.1. The molecule has 0 radical (unpaired) electrons. The zero-order valence-electron chi connectivity index (χ0n) is 12.6. The molecule has 1 aromatic heterocycles. The summed E-state index contributed by atoms with van der Waals surface area (Å²) in [5.41, 5.74) is 2.40. The van der Waals surface area contributed by atoms with Crippen LogP contribution in [0.5, 0.6) is 0 Å². The van der Waals surface area contributed by atoms with Crippen molar-refractivity contribution in [1.29, 1.82) is 0 Å². The zero-order chi connectivity index (χ0) is 14.8. The number of likely N-dealkylation sites (tertiary alicyclic amines) is 1. The van der Waals surface area contributed by atoms with Crippen molar-refractivity contribution in [2.45, 2.75) is 45.2 Å². The minimum atomic E-state index is 0.369. The Balaban J connectivity index is 1.74. The number of hydrogen-bond donors (Lipinski definition) is 0. The molecular formula is C17H21BrN2O. The first kappa shape index (κ1) is 14.8. The van der Waals surface area contributed by atoms with Crippen LogP contribution >= 0.6 is 15.9 Å². The molecule has 3 nitrogen and oxygen atoms in total. The maximum Gasteiger partial charge on any atom is 0.154 e. The van der Waals surface area contributed by atoms with E-state index in [-0.39, 0.29) is 0 Å². The van der Waals surface area contributed by atoms with Crippen molar-refractivity contribution in [3.63, 3.8) is 0 Å². The highest BCUT2D eigenvalue weighted by Gasteiger charge is 2.29. The normalized spacial score (nSPS) is 19.5. The third kappa shape index (κ3) is 3.38. The number of aromatic nitrogens is 1. The highest BCUT2D eigenvalue weighted by atomic mass is 79.9. The highest BCUT2D eigenvalue weighted by Crippen LogP contribution is 2.34. The van der Waals surface area contributed by atoms with Crippen molar-refractivity contribution in [2.24, 2.45) is 0 Å². The highest BCUT2D eigenvalue weighted by molar-refractivity contribution is 9.10. The number of rotatable bonds is 4. The standard InChI is InChI=1S/C17H21BrN2O/c1-12(2)15-10-17(21-19-15)16-4-3-9-20(16)11-13-5-7-14(18)8-6-13/h5-8,10,12,16H,3-4,9,11H2,1-2H3/t16-/m1/s1. The molecule has 1 aliphatic rings. The van der Waals surface area contributed by atoms with Crippen LogP contribution < -0.4 is 0 Å². The predicted molar refractivity (Wildman–Crippen MR) is 87.1 cm³/mol. The SMILES string of the molecule is CC(C)c1cc([C@H]2CCCN2Cc2ccc(Br)cc2)on1. The van der Waals surface area contributed by atoms with E-state index < -0.39 is 0 Å². The summed E-state index contributed by atoms with van der Waals surface area (Å²) < 4.78 is 6.72. The van der Waals surface area contributed by atoms with Gasteiger partial charge in [0.25, 0.3) is 0 Å². The van der Waals surface area contributed by atoms with Gasteiger partial charge >= 0.3 is 0 Å². The van der Waals surface area contributed by atoms with Gasteiger partial charge in [-0.15, -0.1) is 0 Å². The van der Waals surface area contributed by atoms with Crippen LogP contribution in [0.4, 0.5) is 0 Å². The van der Waals surface area contributed by atoms with Crippen LogP contribution in [0.1, 0.15) is 55.7 Å². The first-order valence-electron chi connectivity index (χ1n) is 7.58. The lowest BCUT2D eigenvalue weighted by Crippen LogP contribution is -2.22. The summed E-state index contributed by atoms with van der Waals surface area (Å²) in [5.74, 6) is 1.44. The van der Waals surface area contributed by atoms with E-state index in [2.05, 4.69) is 70.2 Å². The quantitative estimate of drug-likeness (QED) is 0.786. The van der Waals surface area contributed by atoms with Crippen LogP contribution in [0.3, 0.4) is 0 Å². The summed E-state index contributed by atoms with van der Waals surface area (Å²) in [7, 11) is 0. The third-order valence-electron chi connectivity index (χ3n) is 4.13. The molecule has 1 saturated heterocycles. The fraction of sp³-hybridized carbons (Fsp3) is 0.471. The summed E-state index contributed by atoms with van der Waals surface area (Å²) >= 11 is 3.49. The maximum absolute atomic E-state index is 5.60. The fourth-order valence-corrected chi connectivity index (χ4v) is 3.16. The summed E-state index contributed by atoms with van der Waals surface area (Å²) in [5, 5.41) is 4.21. The molecule has 2 heterocycles. The Kier molecular flexibility index (Phi) is 4.45. The Morgan fingerprint density at radius 2 is 2.10 bits per heavy atom. The Morgan fingerprint density at radius 3 is 2.76 bits per heavy atom. The molecule has 2 aromatic rings. The van der Waals surface area contributed by atoms with Gasteiger partial charge < -0.3 is 4.52 Å². The van der Waals surface area contributed by atoms with Crippen LogP contribution in [0.2, 0.25) is 0 Å². The van der Waals surface area contributed by atoms with Crippen LogP contribution in [-0.4, -0.2) is 16.6 Å². The van der Waals surface area contributed by atoms with E-state index in [0.29, 0.717) is 12.0 Å². The second-order valence-electron chi connectivity index (χ2n) is 6.06. The second-order valence-corrected chi connectivity index (χ2v) is 6.98.